The van der Waals surface area contributed by atoms with E-state index < -0.39 is 0 Å². The van der Waals surface area contributed by atoms with Crippen molar-refractivity contribution in [2.45, 2.75) is 57.8 Å². The Hall–Kier alpha value is -0.0800. The molecule has 2 rings (SSSR count). The van der Waals surface area contributed by atoms with Crippen LogP contribution in [0, 0.1) is 17.8 Å². The summed E-state index contributed by atoms with van der Waals surface area (Å²) in [6.07, 6.45) is 12.5. The number of hydrogen-bond donors (Lipinski definition) is 2. The van der Waals surface area contributed by atoms with Gasteiger partial charge in [0, 0.05) is 6.61 Å². The van der Waals surface area contributed by atoms with E-state index in [2.05, 4.69) is 5.32 Å². The normalized spacial score (nSPS) is 31.6. The molecule has 0 amide bonds. The van der Waals surface area contributed by atoms with Crippen molar-refractivity contribution in [1.29, 1.82) is 0 Å². The zero-order valence-electron chi connectivity index (χ0n) is 11.2. The van der Waals surface area contributed by atoms with Crippen LogP contribution in [0.4, 0.5) is 0 Å². The van der Waals surface area contributed by atoms with E-state index in [1.165, 1.54) is 64.3 Å². The summed E-state index contributed by atoms with van der Waals surface area (Å²) in [6.45, 7) is 2.76. The van der Waals surface area contributed by atoms with Gasteiger partial charge in [0.15, 0.2) is 0 Å². The molecule has 0 saturated heterocycles. The monoisotopic (exact) mass is 239 g/mol. The average molecular weight is 239 g/mol. The van der Waals surface area contributed by atoms with E-state index in [-0.39, 0.29) is 0 Å². The van der Waals surface area contributed by atoms with E-state index in [0.29, 0.717) is 12.5 Å². The predicted octanol–water partition coefficient (Wildman–Crippen LogP) is 2.96. The molecule has 0 spiro atoms. The lowest BCUT2D eigenvalue weighted by atomic mass is 9.96. The standard InChI is InChI=1S/C15H29NO/c17-12-15-9-5-8-14(15)11-16-10-13-6-3-1-2-4-7-13/h13-17H,1-12H2. The van der Waals surface area contributed by atoms with Crippen LogP contribution >= 0.6 is 0 Å². The molecule has 0 aromatic carbocycles. The van der Waals surface area contributed by atoms with Gasteiger partial charge in [-0.3, -0.25) is 0 Å². The molecule has 0 aromatic rings. The fraction of sp³-hybridized carbons (Fsp3) is 1.00. The molecule has 2 unspecified atom stereocenters. The van der Waals surface area contributed by atoms with Crippen LogP contribution in [-0.4, -0.2) is 24.8 Å². The molecule has 2 aliphatic rings. The van der Waals surface area contributed by atoms with Crippen molar-refractivity contribution in [2.24, 2.45) is 17.8 Å². The SMILES string of the molecule is OCC1CCCC1CNCC1CCCCCC1. The molecule has 2 saturated carbocycles. The van der Waals surface area contributed by atoms with Gasteiger partial charge in [0.2, 0.25) is 0 Å². The van der Waals surface area contributed by atoms with Gasteiger partial charge in [-0.25, -0.2) is 0 Å². The highest BCUT2D eigenvalue weighted by Gasteiger charge is 2.26. The van der Waals surface area contributed by atoms with Gasteiger partial charge in [-0.05, 0) is 56.5 Å². The minimum absolute atomic E-state index is 0.399. The van der Waals surface area contributed by atoms with E-state index in [9.17, 15) is 5.11 Å². The van der Waals surface area contributed by atoms with E-state index in [1.807, 2.05) is 0 Å². The second-order valence-electron chi connectivity index (χ2n) is 6.15. The third-order valence-corrected chi connectivity index (χ3v) is 4.87. The van der Waals surface area contributed by atoms with Gasteiger partial charge in [-0.15, -0.1) is 0 Å². The molecule has 2 aliphatic carbocycles. The highest BCUT2D eigenvalue weighted by Crippen LogP contribution is 2.30. The maximum absolute atomic E-state index is 9.29. The Bertz CT molecular complexity index is 199. The minimum atomic E-state index is 0.399. The smallest absolute Gasteiger partial charge is 0.0462 e. The highest BCUT2D eigenvalue weighted by molar-refractivity contribution is 4.79. The predicted molar refractivity (Wildman–Crippen MR) is 72.0 cm³/mol. The topological polar surface area (TPSA) is 32.3 Å². The molecule has 2 heteroatoms. The summed E-state index contributed by atoms with van der Waals surface area (Å²) in [6, 6.07) is 0. The first kappa shape index (κ1) is 13.4. The van der Waals surface area contributed by atoms with Crippen molar-refractivity contribution in [3.8, 4) is 0 Å². The Morgan fingerprint density at radius 2 is 1.47 bits per heavy atom. The summed E-state index contributed by atoms with van der Waals surface area (Å²) in [7, 11) is 0. The van der Waals surface area contributed by atoms with Crippen LogP contribution in [0.25, 0.3) is 0 Å². The first-order valence-corrected chi connectivity index (χ1v) is 7.71. The van der Waals surface area contributed by atoms with Crippen molar-refractivity contribution in [3.05, 3.63) is 0 Å². The number of hydrogen-bond acceptors (Lipinski definition) is 2. The van der Waals surface area contributed by atoms with Gasteiger partial charge in [-0.2, -0.15) is 0 Å². The third-order valence-electron chi connectivity index (χ3n) is 4.87. The third kappa shape index (κ3) is 4.26. The van der Waals surface area contributed by atoms with Gasteiger partial charge in [-0.1, -0.05) is 32.1 Å². The zero-order valence-corrected chi connectivity index (χ0v) is 11.2. The maximum Gasteiger partial charge on any atom is 0.0462 e. The summed E-state index contributed by atoms with van der Waals surface area (Å²) >= 11 is 0. The van der Waals surface area contributed by atoms with Crippen molar-refractivity contribution >= 4 is 0 Å². The lowest BCUT2D eigenvalue weighted by Gasteiger charge is -2.20. The van der Waals surface area contributed by atoms with E-state index in [4.69, 9.17) is 0 Å². The lowest BCUT2D eigenvalue weighted by Crippen LogP contribution is -2.30. The molecule has 0 aliphatic heterocycles. The Balaban J connectivity index is 1.61. The molecule has 0 aromatic heterocycles. The van der Waals surface area contributed by atoms with Gasteiger partial charge in [0.1, 0.15) is 0 Å². The molecular formula is C15H29NO. The van der Waals surface area contributed by atoms with Crippen LogP contribution in [0.1, 0.15) is 57.8 Å². The Labute approximate surface area is 106 Å². The number of rotatable bonds is 5. The molecule has 0 radical (unpaired) electrons. The molecule has 2 fully saturated rings. The van der Waals surface area contributed by atoms with Gasteiger partial charge in [0.05, 0.1) is 0 Å². The molecule has 17 heavy (non-hydrogen) atoms. The largest absolute Gasteiger partial charge is 0.396 e. The Morgan fingerprint density at radius 3 is 2.18 bits per heavy atom. The summed E-state index contributed by atoms with van der Waals surface area (Å²) in [5.41, 5.74) is 0. The number of aliphatic hydroxyl groups is 1. The molecular weight excluding hydrogens is 210 g/mol. The summed E-state index contributed by atoms with van der Waals surface area (Å²) in [5, 5.41) is 13.0. The van der Waals surface area contributed by atoms with E-state index >= 15 is 0 Å². The molecule has 100 valence electrons. The first-order valence-electron chi connectivity index (χ1n) is 7.71. The molecule has 0 heterocycles. The fourth-order valence-electron chi connectivity index (χ4n) is 3.66. The fourth-order valence-corrected chi connectivity index (χ4v) is 3.66. The van der Waals surface area contributed by atoms with Crippen molar-refractivity contribution in [1.82, 2.24) is 5.32 Å². The summed E-state index contributed by atoms with van der Waals surface area (Å²) in [5.74, 6) is 2.24. The molecule has 0 bridgehead atoms. The quantitative estimate of drug-likeness (QED) is 0.723. The van der Waals surface area contributed by atoms with E-state index in [1.54, 1.807) is 0 Å². The van der Waals surface area contributed by atoms with Crippen LogP contribution in [-0.2, 0) is 0 Å². The molecule has 2 atom stereocenters. The first-order chi connectivity index (χ1) is 8.40. The van der Waals surface area contributed by atoms with Crippen LogP contribution < -0.4 is 5.32 Å². The van der Waals surface area contributed by atoms with Gasteiger partial charge in [0.25, 0.3) is 0 Å². The lowest BCUT2D eigenvalue weighted by molar-refractivity contribution is 0.191. The van der Waals surface area contributed by atoms with Crippen LogP contribution in [0.15, 0.2) is 0 Å². The van der Waals surface area contributed by atoms with Crippen molar-refractivity contribution in [3.63, 3.8) is 0 Å². The average Bonchev–Trinajstić information content (AvgIpc) is 2.64. The van der Waals surface area contributed by atoms with Crippen LogP contribution in [0.3, 0.4) is 0 Å². The highest BCUT2D eigenvalue weighted by atomic mass is 16.3. The van der Waals surface area contributed by atoms with E-state index in [0.717, 1.165) is 18.4 Å². The number of nitrogens with one attached hydrogen (secondary N) is 1. The number of aliphatic hydroxyl groups excluding tert-OH is 1. The Morgan fingerprint density at radius 1 is 0.765 bits per heavy atom. The van der Waals surface area contributed by atoms with Crippen molar-refractivity contribution < 1.29 is 5.11 Å². The van der Waals surface area contributed by atoms with Crippen LogP contribution in [0.5, 0.6) is 0 Å². The van der Waals surface area contributed by atoms with Crippen molar-refractivity contribution in [2.75, 3.05) is 19.7 Å². The second kappa shape index (κ2) is 7.38. The molecule has 2 N–H and O–H groups in total. The van der Waals surface area contributed by atoms with Gasteiger partial charge >= 0.3 is 0 Å². The van der Waals surface area contributed by atoms with Crippen LogP contribution in [0.2, 0.25) is 0 Å². The molecule has 2 nitrogen and oxygen atoms in total. The Kier molecular flexibility index (Phi) is 5.79. The maximum atomic E-state index is 9.29. The zero-order chi connectivity index (χ0) is 11.9. The van der Waals surface area contributed by atoms with Gasteiger partial charge < -0.3 is 10.4 Å². The second-order valence-corrected chi connectivity index (χ2v) is 6.15. The summed E-state index contributed by atoms with van der Waals surface area (Å²) < 4.78 is 0. The summed E-state index contributed by atoms with van der Waals surface area (Å²) in [4.78, 5) is 0. The minimum Gasteiger partial charge on any atom is -0.396 e.